The number of benzene rings is 2. The van der Waals surface area contributed by atoms with Gasteiger partial charge >= 0.3 is 0 Å². The molecule has 2 aromatic carbocycles. The summed E-state index contributed by atoms with van der Waals surface area (Å²) < 4.78 is 33.4. The molecule has 3 aromatic rings. The van der Waals surface area contributed by atoms with Gasteiger partial charge < -0.3 is 10.1 Å². The average molecular weight is 357 g/mol. The van der Waals surface area contributed by atoms with Gasteiger partial charge in [-0.05, 0) is 42.5 Å². The van der Waals surface area contributed by atoms with E-state index in [0.717, 1.165) is 11.4 Å². The van der Waals surface area contributed by atoms with Crippen LogP contribution in [0, 0.1) is 11.6 Å². The molecule has 0 bridgehead atoms. The number of ether oxygens (including phenoxy) is 1. The van der Waals surface area contributed by atoms with E-state index in [1.807, 2.05) is 6.07 Å². The fourth-order valence-electron chi connectivity index (χ4n) is 2.44. The number of nitrogens with one attached hydrogen (secondary N) is 1. The molecule has 7 heteroatoms. The van der Waals surface area contributed by atoms with E-state index in [9.17, 15) is 13.6 Å². The molecule has 1 N–H and O–H groups in total. The third kappa shape index (κ3) is 4.05. The summed E-state index contributed by atoms with van der Waals surface area (Å²) in [6.07, 6.45) is 2.24. The van der Waals surface area contributed by atoms with Gasteiger partial charge in [0.25, 0.3) is 5.91 Å². The lowest BCUT2D eigenvalue weighted by Crippen LogP contribution is -2.26. The third-order valence-electron chi connectivity index (χ3n) is 3.82. The van der Waals surface area contributed by atoms with Crippen LogP contribution in [0.4, 0.5) is 8.78 Å². The van der Waals surface area contributed by atoms with Crippen LogP contribution in [0.5, 0.6) is 5.75 Å². The van der Waals surface area contributed by atoms with Gasteiger partial charge in [0.05, 0.1) is 24.1 Å². The average Bonchev–Trinajstić information content (AvgIpc) is 3.11. The summed E-state index contributed by atoms with van der Waals surface area (Å²) >= 11 is 0. The fraction of sp³-hybridized carbons (Fsp3) is 0.158. The molecule has 1 aromatic heterocycles. The van der Waals surface area contributed by atoms with Gasteiger partial charge in [0, 0.05) is 25.2 Å². The number of aromatic nitrogens is 2. The van der Waals surface area contributed by atoms with Crippen LogP contribution in [-0.2, 0) is 6.42 Å². The largest absolute Gasteiger partial charge is 0.497 e. The van der Waals surface area contributed by atoms with Crippen molar-refractivity contribution in [1.29, 1.82) is 0 Å². The summed E-state index contributed by atoms with van der Waals surface area (Å²) in [4.78, 5) is 12.1. The van der Waals surface area contributed by atoms with Crippen LogP contribution in [0.15, 0.2) is 54.7 Å². The van der Waals surface area contributed by atoms with Gasteiger partial charge in [-0.1, -0.05) is 0 Å². The summed E-state index contributed by atoms with van der Waals surface area (Å²) in [5.41, 5.74) is 1.45. The number of carbonyl (C=O) groups is 1. The molecule has 5 nitrogen and oxygen atoms in total. The maximum Gasteiger partial charge on any atom is 0.254 e. The Morgan fingerprint density at radius 2 is 1.92 bits per heavy atom. The summed E-state index contributed by atoms with van der Waals surface area (Å²) in [6, 6.07) is 11.9. The van der Waals surface area contributed by atoms with Crippen molar-refractivity contribution >= 4 is 5.91 Å². The van der Waals surface area contributed by atoms with E-state index < -0.39 is 11.7 Å². The first kappa shape index (κ1) is 17.6. The Balaban J connectivity index is 1.57. The Bertz CT molecular complexity index is 907. The lowest BCUT2D eigenvalue weighted by molar-refractivity contribution is 0.0950. The Morgan fingerprint density at radius 3 is 2.62 bits per heavy atom. The Kier molecular flexibility index (Phi) is 5.26. The van der Waals surface area contributed by atoms with Crippen molar-refractivity contribution in [1.82, 2.24) is 15.1 Å². The molecule has 3 rings (SSSR count). The van der Waals surface area contributed by atoms with E-state index in [-0.39, 0.29) is 11.4 Å². The highest BCUT2D eigenvalue weighted by atomic mass is 19.1. The number of hydrogen-bond donors (Lipinski definition) is 1. The minimum absolute atomic E-state index is 0.0392. The fourth-order valence-corrected chi connectivity index (χ4v) is 2.44. The third-order valence-corrected chi connectivity index (χ3v) is 3.82. The molecule has 0 fully saturated rings. The van der Waals surface area contributed by atoms with Crippen LogP contribution in [0.3, 0.4) is 0 Å². The van der Waals surface area contributed by atoms with Gasteiger partial charge in [-0.15, -0.1) is 0 Å². The molecule has 0 spiro atoms. The molecule has 0 aliphatic rings. The summed E-state index contributed by atoms with van der Waals surface area (Å²) in [5.74, 6) is -1.09. The Hall–Kier alpha value is -3.22. The first-order chi connectivity index (χ1) is 12.6. The summed E-state index contributed by atoms with van der Waals surface area (Å²) in [5, 5.41) is 7.04. The van der Waals surface area contributed by atoms with Gasteiger partial charge in [-0.2, -0.15) is 5.10 Å². The number of methoxy groups -OCH3 is 1. The van der Waals surface area contributed by atoms with E-state index in [2.05, 4.69) is 10.4 Å². The van der Waals surface area contributed by atoms with Crippen LogP contribution in [0.25, 0.3) is 5.69 Å². The van der Waals surface area contributed by atoms with Crippen molar-refractivity contribution in [2.24, 2.45) is 0 Å². The van der Waals surface area contributed by atoms with E-state index in [1.54, 1.807) is 23.0 Å². The Labute approximate surface area is 149 Å². The van der Waals surface area contributed by atoms with Crippen molar-refractivity contribution in [3.8, 4) is 11.4 Å². The molecule has 0 radical (unpaired) electrons. The molecule has 0 saturated heterocycles. The predicted molar refractivity (Wildman–Crippen MR) is 92.5 cm³/mol. The second kappa shape index (κ2) is 7.77. The second-order valence-corrected chi connectivity index (χ2v) is 5.58. The molecule has 0 atom stereocenters. The molecule has 0 unspecified atom stereocenters. The van der Waals surface area contributed by atoms with E-state index in [0.29, 0.717) is 18.7 Å². The van der Waals surface area contributed by atoms with Crippen LogP contribution in [0.1, 0.15) is 16.1 Å². The highest BCUT2D eigenvalue weighted by Crippen LogP contribution is 2.16. The molecule has 1 heterocycles. The predicted octanol–water partition coefficient (Wildman–Crippen LogP) is 3.13. The van der Waals surface area contributed by atoms with E-state index >= 15 is 0 Å². The lowest BCUT2D eigenvalue weighted by atomic mass is 10.2. The van der Waals surface area contributed by atoms with Crippen molar-refractivity contribution in [2.45, 2.75) is 6.42 Å². The topological polar surface area (TPSA) is 56.1 Å². The van der Waals surface area contributed by atoms with Crippen molar-refractivity contribution in [2.75, 3.05) is 13.7 Å². The molecule has 0 aliphatic carbocycles. The molecule has 134 valence electrons. The zero-order valence-electron chi connectivity index (χ0n) is 14.1. The molecule has 0 aliphatic heterocycles. The SMILES string of the molecule is COc1ccc(C(=O)NCCc2ccn(-c3ccc(F)cc3)n2)c(F)c1. The minimum atomic E-state index is -0.637. The maximum atomic E-state index is 13.9. The molecule has 0 saturated carbocycles. The second-order valence-electron chi connectivity index (χ2n) is 5.58. The van der Waals surface area contributed by atoms with Gasteiger partial charge in [0.1, 0.15) is 17.4 Å². The minimum Gasteiger partial charge on any atom is -0.497 e. The van der Waals surface area contributed by atoms with Crippen molar-refractivity contribution in [3.63, 3.8) is 0 Å². The van der Waals surface area contributed by atoms with Gasteiger partial charge in [0.2, 0.25) is 0 Å². The number of carbonyl (C=O) groups excluding carboxylic acids is 1. The van der Waals surface area contributed by atoms with E-state index in [1.165, 1.54) is 37.4 Å². The molecule has 1 amide bonds. The van der Waals surface area contributed by atoms with Crippen LogP contribution < -0.4 is 10.1 Å². The van der Waals surface area contributed by atoms with Crippen LogP contribution in [0.2, 0.25) is 0 Å². The van der Waals surface area contributed by atoms with Crippen molar-refractivity contribution in [3.05, 3.63) is 77.6 Å². The van der Waals surface area contributed by atoms with E-state index in [4.69, 9.17) is 4.74 Å². The quantitative estimate of drug-likeness (QED) is 0.737. The summed E-state index contributed by atoms with van der Waals surface area (Å²) in [7, 11) is 1.43. The smallest absolute Gasteiger partial charge is 0.254 e. The normalized spacial score (nSPS) is 10.6. The Morgan fingerprint density at radius 1 is 1.15 bits per heavy atom. The monoisotopic (exact) mass is 357 g/mol. The standard InChI is InChI=1S/C19H17F2N3O2/c1-26-16-6-7-17(18(21)12-16)19(25)22-10-8-14-9-11-24(23-14)15-4-2-13(20)3-5-15/h2-7,9,11-12H,8,10H2,1H3,(H,22,25). The zero-order chi connectivity index (χ0) is 18.5. The molecular formula is C19H17F2N3O2. The lowest BCUT2D eigenvalue weighted by Gasteiger charge is -2.07. The molecular weight excluding hydrogens is 340 g/mol. The van der Waals surface area contributed by atoms with Crippen LogP contribution in [-0.4, -0.2) is 29.3 Å². The highest BCUT2D eigenvalue weighted by molar-refractivity contribution is 5.94. The highest BCUT2D eigenvalue weighted by Gasteiger charge is 2.12. The number of hydrogen-bond acceptors (Lipinski definition) is 3. The van der Waals surface area contributed by atoms with Crippen molar-refractivity contribution < 1.29 is 18.3 Å². The maximum absolute atomic E-state index is 13.9. The number of rotatable bonds is 6. The first-order valence-corrected chi connectivity index (χ1v) is 7.99. The number of amides is 1. The molecule has 26 heavy (non-hydrogen) atoms. The van der Waals surface area contributed by atoms with Gasteiger partial charge in [0.15, 0.2) is 0 Å². The summed E-state index contributed by atoms with van der Waals surface area (Å²) in [6.45, 7) is 0.310. The van der Waals surface area contributed by atoms with Gasteiger partial charge in [-0.25, -0.2) is 13.5 Å². The van der Waals surface area contributed by atoms with Gasteiger partial charge in [-0.3, -0.25) is 4.79 Å². The number of nitrogens with zero attached hydrogens (tertiary/aromatic N) is 2. The number of halogens is 2. The first-order valence-electron chi connectivity index (χ1n) is 7.99. The zero-order valence-corrected chi connectivity index (χ0v) is 14.1. The van der Waals surface area contributed by atoms with Crippen LogP contribution >= 0.6 is 0 Å².